The first-order valence-electron chi connectivity index (χ1n) is 7.67. The molecule has 1 aromatic carbocycles. The highest BCUT2D eigenvalue weighted by Gasteiger charge is 2.38. The Kier molecular flexibility index (Phi) is 3.46. The van der Waals surface area contributed by atoms with Crippen molar-refractivity contribution >= 4 is 32.7 Å². The summed E-state index contributed by atoms with van der Waals surface area (Å²) in [7, 11) is -4.25. The second kappa shape index (κ2) is 5.45. The van der Waals surface area contributed by atoms with Crippen LogP contribution in [0.2, 0.25) is 0 Å². The van der Waals surface area contributed by atoms with Gasteiger partial charge in [0.25, 0.3) is 5.91 Å². The molecule has 0 radical (unpaired) electrons. The number of nitrogens with zero attached hydrogens (tertiary/aromatic N) is 2. The monoisotopic (exact) mass is 367 g/mol. The van der Waals surface area contributed by atoms with E-state index in [1.54, 1.807) is 10.8 Å². The zero-order valence-corrected chi connectivity index (χ0v) is 13.7. The lowest BCUT2D eigenvalue weighted by Gasteiger charge is -2.25. The molecule has 0 bridgehead atoms. The molecule has 0 spiro atoms. The van der Waals surface area contributed by atoms with E-state index < -0.39 is 39.9 Å². The molecule has 25 heavy (non-hydrogen) atoms. The molecule has 132 valence electrons. The number of fused-ring (bicyclic) bond motifs is 1. The molecule has 2 aliphatic rings. The molecular weight excluding hydrogens is 353 g/mol. The molecule has 2 heterocycles. The first kappa shape index (κ1) is 15.9. The van der Waals surface area contributed by atoms with E-state index >= 15 is 0 Å². The highest BCUT2D eigenvalue weighted by molar-refractivity contribution is 7.92. The van der Waals surface area contributed by atoms with Gasteiger partial charge in [0.05, 0.1) is 0 Å². The standard InChI is InChI=1S/C15H14FN3O5S/c16-13-14-8(4-5-12(17-14)24-9-2-1-3-9)6-10(20)15(13)19-7-11(21)18-25(19,22)23/h4-6,9,20H,1-3,7H2,(H,18,21). The number of anilines is 1. The number of halogens is 1. The predicted octanol–water partition coefficient (Wildman–Crippen LogP) is 1.19. The van der Waals surface area contributed by atoms with Gasteiger partial charge in [-0.1, -0.05) is 0 Å². The Morgan fingerprint density at radius 1 is 1.36 bits per heavy atom. The minimum absolute atomic E-state index is 0.0466. The van der Waals surface area contributed by atoms with Gasteiger partial charge in [0, 0.05) is 11.5 Å². The summed E-state index contributed by atoms with van der Waals surface area (Å²) in [6, 6.07) is 4.30. The number of hydrogen-bond acceptors (Lipinski definition) is 6. The van der Waals surface area contributed by atoms with E-state index in [1.165, 1.54) is 12.1 Å². The summed E-state index contributed by atoms with van der Waals surface area (Å²) in [5.74, 6) is -2.21. The summed E-state index contributed by atoms with van der Waals surface area (Å²) in [5, 5.41) is 10.4. The molecular formula is C15H14FN3O5S. The van der Waals surface area contributed by atoms with Gasteiger partial charge < -0.3 is 9.84 Å². The van der Waals surface area contributed by atoms with Gasteiger partial charge in [0.15, 0.2) is 5.82 Å². The molecule has 4 rings (SSSR count). The summed E-state index contributed by atoms with van der Waals surface area (Å²) in [6.07, 6.45) is 2.93. The van der Waals surface area contributed by atoms with E-state index in [1.807, 2.05) is 0 Å². The van der Waals surface area contributed by atoms with Gasteiger partial charge in [-0.2, -0.15) is 8.42 Å². The van der Waals surface area contributed by atoms with Crippen LogP contribution in [-0.4, -0.2) is 37.1 Å². The van der Waals surface area contributed by atoms with Crippen molar-refractivity contribution in [3.8, 4) is 11.6 Å². The fourth-order valence-electron chi connectivity index (χ4n) is 2.79. The van der Waals surface area contributed by atoms with Crippen LogP contribution in [0.15, 0.2) is 18.2 Å². The van der Waals surface area contributed by atoms with Crippen LogP contribution in [0.4, 0.5) is 10.1 Å². The highest BCUT2D eigenvalue weighted by atomic mass is 32.2. The Bertz CT molecular complexity index is 990. The molecule has 8 nitrogen and oxygen atoms in total. The van der Waals surface area contributed by atoms with Crippen molar-refractivity contribution in [1.29, 1.82) is 0 Å². The van der Waals surface area contributed by atoms with Crippen molar-refractivity contribution in [2.45, 2.75) is 25.4 Å². The Balaban J connectivity index is 1.82. The number of aromatic hydroxyl groups is 1. The van der Waals surface area contributed by atoms with Crippen molar-refractivity contribution in [3.05, 3.63) is 24.0 Å². The van der Waals surface area contributed by atoms with Gasteiger partial charge in [-0.15, -0.1) is 0 Å². The molecule has 1 aromatic heterocycles. The van der Waals surface area contributed by atoms with Crippen LogP contribution >= 0.6 is 0 Å². The second-order valence-electron chi connectivity index (χ2n) is 5.99. The third-order valence-corrected chi connectivity index (χ3v) is 5.64. The number of ether oxygens (including phenoxy) is 1. The third-order valence-electron chi connectivity index (χ3n) is 4.26. The topological polar surface area (TPSA) is 109 Å². The van der Waals surface area contributed by atoms with Gasteiger partial charge in [0.1, 0.15) is 29.6 Å². The van der Waals surface area contributed by atoms with Crippen LogP contribution < -0.4 is 13.8 Å². The maximum Gasteiger partial charge on any atom is 0.326 e. The number of phenols is 1. The number of aromatic nitrogens is 1. The van der Waals surface area contributed by atoms with Gasteiger partial charge in [-0.05, 0) is 31.4 Å². The third kappa shape index (κ3) is 2.62. The fraction of sp³-hybridized carbons (Fsp3) is 0.333. The molecule has 0 unspecified atom stereocenters. The molecule has 2 aromatic rings. The second-order valence-corrected chi connectivity index (χ2v) is 7.58. The zero-order valence-electron chi connectivity index (χ0n) is 12.9. The maximum absolute atomic E-state index is 14.9. The quantitative estimate of drug-likeness (QED) is 0.844. The van der Waals surface area contributed by atoms with E-state index in [0.29, 0.717) is 4.31 Å². The van der Waals surface area contributed by atoms with Crippen LogP contribution in [0.3, 0.4) is 0 Å². The predicted molar refractivity (Wildman–Crippen MR) is 86.0 cm³/mol. The summed E-state index contributed by atoms with van der Waals surface area (Å²) in [5.41, 5.74) is -0.752. The van der Waals surface area contributed by atoms with E-state index in [9.17, 15) is 22.7 Å². The van der Waals surface area contributed by atoms with Gasteiger partial charge in [0.2, 0.25) is 5.88 Å². The normalized spacial score (nSPS) is 19.7. The lowest BCUT2D eigenvalue weighted by Crippen LogP contribution is -2.30. The lowest BCUT2D eigenvalue weighted by molar-refractivity contribution is -0.117. The molecule has 0 atom stereocenters. The Morgan fingerprint density at radius 3 is 2.72 bits per heavy atom. The van der Waals surface area contributed by atoms with Crippen molar-refractivity contribution < 1.29 is 27.4 Å². The van der Waals surface area contributed by atoms with Crippen LogP contribution in [0.1, 0.15) is 19.3 Å². The minimum atomic E-state index is -4.25. The van der Waals surface area contributed by atoms with Gasteiger partial charge >= 0.3 is 10.2 Å². The van der Waals surface area contributed by atoms with Crippen molar-refractivity contribution in [2.75, 3.05) is 10.8 Å². The summed E-state index contributed by atoms with van der Waals surface area (Å²) in [6.45, 7) is -0.614. The number of benzene rings is 1. The number of pyridine rings is 1. The molecule has 1 aliphatic carbocycles. The SMILES string of the molecule is O=C1CN(c2c(O)cc3ccc(OC4CCC4)nc3c2F)S(=O)(=O)N1. The van der Waals surface area contributed by atoms with E-state index in [4.69, 9.17) is 4.74 Å². The molecule has 1 amide bonds. The van der Waals surface area contributed by atoms with Crippen LogP contribution in [0, 0.1) is 5.82 Å². The highest BCUT2D eigenvalue weighted by Crippen LogP contribution is 2.38. The van der Waals surface area contributed by atoms with E-state index in [-0.39, 0.29) is 22.9 Å². The number of nitrogens with one attached hydrogen (secondary N) is 1. The summed E-state index contributed by atoms with van der Waals surface area (Å²) in [4.78, 5) is 15.5. The number of rotatable bonds is 3. The summed E-state index contributed by atoms with van der Waals surface area (Å²) < 4.78 is 46.7. The van der Waals surface area contributed by atoms with Gasteiger partial charge in [-0.25, -0.2) is 18.4 Å². The Hall–Kier alpha value is -2.62. The molecule has 1 saturated carbocycles. The molecule has 1 saturated heterocycles. The zero-order chi connectivity index (χ0) is 17.8. The van der Waals surface area contributed by atoms with Crippen LogP contribution in [0.5, 0.6) is 11.6 Å². The molecule has 10 heteroatoms. The minimum Gasteiger partial charge on any atom is -0.506 e. The van der Waals surface area contributed by atoms with Crippen LogP contribution in [0.25, 0.3) is 10.9 Å². The van der Waals surface area contributed by atoms with Crippen molar-refractivity contribution in [2.24, 2.45) is 0 Å². The number of hydrogen-bond donors (Lipinski definition) is 2. The largest absolute Gasteiger partial charge is 0.506 e. The number of amides is 1. The molecule has 2 fully saturated rings. The van der Waals surface area contributed by atoms with E-state index in [0.717, 1.165) is 19.3 Å². The van der Waals surface area contributed by atoms with Crippen molar-refractivity contribution in [3.63, 3.8) is 0 Å². The average Bonchev–Trinajstić information content (AvgIpc) is 2.76. The number of carbonyl (C=O) groups excluding carboxylic acids is 1. The number of carbonyl (C=O) groups is 1. The first-order valence-corrected chi connectivity index (χ1v) is 9.11. The molecule has 2 N–H and O–H groups in total. The first-order chi connectivity index (χ1) is 11.8. The Labute approximate surface area is 142 Å². The molecule has 1 aliphatic heterocycles. The lowest BCUT2D eigenvalue weighted by atomic mass is 9.96. The van der Waals surface area contributed by atoms with Crippen LogP contribution in [-0.2, 0) is 15.0 Å². The summed E-state index contributed by atoms with van der Waals surface area (Å²) >= 11 is 0. The maximum atomic E-state index is 14.9. The average molecular weight is 367 g/mol. The van der Waals surface area contributed by atoms with Crippen molar-refractivity contribution in [1.82, 2.24) is 9.71 Å². The Morgan fingerprint density at radius 2 is 2.12 bits per heavy atom. The number of phenolic OH excluding ortho intramolecular Hbond substituents is 1. The smallest absolute Gasteiger partial charge is 0.326 e. The van der Waals surface area contributed by atoms with Gasteiger partial charge in [-0.3, -0.25) is 4.79 Å². The van der Waals surface area contributed by atoms with E-state index in [2.05, 4.69) is 4.98 Å². The fourth-order valence-corrected chi connectivity index (χ4v) is 3.96.